The summed E-state index contributed by atoms with van der Waals surface area (Å²) in [5, 5.41) is 11.6. The molecule has 2 rings (SSSR count). The van der Waals surface area contributed by atoms with Gasteiger partial charge in [-0.1, -0.05) is 12.1 Å². The Morgan fingerprint density at radius 2 is 2.29 bits per heavy atom. The topological polar surface area (TPSA) is 42.7 Å². The number of aryl methyl sites for hydroxylation is 1. The molecule has 4 nitrogen and oxygen atoms in total. The monoisotopic (exact) mass is 194 g/mol. The van der Waals surface area contributed by atoms with Gasteiger partial charge in [0.2, 0.25) is 0 Å². The smallest absolute Gasteiger partial charge is 0.0999 e. The predicted molar refractivity (Wildman–Crippen MR) is 55.1 cm³/mol. The van der Waals surface area contributed by atoms with E-state index in [-0.39, 0.29) is 0 Å². The van der Waals surface area contributed by atoms with E-state index in [4.69, 9.17) is 0 Å². The van der Waals surface area contributed by atoms with E-state index in [9.17, 15) is 0 Å². The summed E-state index contributed by atoms with van der Waals surface area (Å²) >= 11 is 0. The van der Waals surface area contributed by atoms with Gasteiger partial charge in [0.25, 0.3) is 0 Å². The molecule has 0 radical (unpaired) electrons. The van der Waals surface area contributed by atoms with Crippen molar-refractivity contribution in [1.29, 1.82) is 0 Å². The molecular formula is C10H18N4. The maximum atomic E-state index is 4.24. The zero-order valence-electron chi connectivity index (χ0n) is 8.95. The van der Waals surface area contributed by atoms with Gasteiger partial charge in [0.15, 0.2) is 0 Å². The summed E-state index contributed by atoms with van der Waals surface area (Å²) < 4.78 is 2.09. The van der Waals surface area contributed by atoms with Gasteiger partial charge in [0.05, 0.1) is 11.4 Å². The van der Waals surface area contributed by atoms with E-state index >= 15 is 0 Å². The van der Waals surface area contributed by atoms with Crippen LogP contribution < -0.4 is 5.32 Å². The number of rotatable bonds is 5. The van der Waals surface area contributed by atoms with Crippen LogP contribution in [0.2, 0.25) is 0 Å². The fourth-order valence-corrected chi connectivity index (χ4v) is 1.83. The van der Waals surface area contributed by atoms with Crippen molar-refractivity contribution in [3.05, 3.63) is 11.4 Å². The minimum absolute atomic E-state index is 0.736. The van der Waals surface area contributed by atoms with Crippen LogP contribution in [0.3, 0.4) is 0 Å². The summed E-state index contributed by atoms with van der Waals surface area (Å²) in [5.41, 5.74) is 2.52. The maximum absolute atomic E-state index is 4.24. The molecule has 1 heterocycles. The second kappa shape index (κ2) is 4.09. The SMILES string of the molecule is CCCn1nnc(CNC)c1C1CC1. The van der Waals surface area contributed by atoms with Gasteiger partial charge in [-0.2, -0.15) is 0 Å². The lowest BCUT2D eigenvalue weighted by Crippen LogP contribution is -2.09. The van der Waals surface area contributed by atoms with E-state index in [1.54, 1.807) is 0 Å². The van der Waals surface area contributed by atoms with Gasteiger partial charge in [-0.05, 0) is 26.3 Å². The fourth-order valence-electron chi connectivity index (χ4n) is 1.83. The first-order chi connectivity index (χ1) is 6.86. The first kappa shape index (κ1) is 9.65. The number of hydrogen-bond donors (Lipinski definition) is 1. The highest BCUT2D eigenvalue weighted by Gasteiger charge is 2.30. The molecule has 1 aromatic heterocycles. The van der Waals surface area contributed by atoms with Gasteiger partial charge >= 0.3 is 0 Å². The molecule has 0 bridgehead atoms. The molecule has 0 amide bonds. The zero-order valence-corrected chi connectivity index (χ0v) is 8.95. The van der Waals surface area contributed by atoms with E-state index in [1.165, 1.54) is 18.5 Å². The molecule has 0 atom stereocenters. The third-order valence-corrected chi connectivity index (χ3v) is 2.59. The van der Waals surface area contributed by atoms with Crippen molar-refractivity contribution in [2.75, 3.05) is 7.05 Å². The van der Waals surface area contributed by atoms with Crippen LogP contribution in [-0.4, -0.2) is 22.0 Å². The molecule has 1 saturated carbocycles. The molecule has 14 heavy (non-hydrogen) atoms. The number of hydrogen-bond acceptors (Lipinski definition) is 3. The van der Waals surface area contributed by atoms with Crippen LogP contribution in [0.5, 0.6) is 0 Å². The second-order valence-corrected chi connectivity index (χ2v) is 3.95. The Kier molecular flexibility index (Phi) is 2.82. The Balaban J connectivity index is 2.22. The van der Waals surface area contributed by atoms with Crippen molar-refractivity contribution in [2.24, 2.45) is 0 Å². The van der Waals surface area contributed by atoms with E-state index in [0.717, 1.165) is 31.1 Å². The summed E-state index contributed by atoms with van der Waals surface area (Å²) in [6.07, 6.45) is 3.75. The van der Waals surface area contributed by atoms with E-state index < -0.39 is 0 Å². The quantitative estimate of drug-likeness (QED) is 0.768. The first-order valence-corrected chi connectivity index (χ1v) is 5.43. The standard InChI is InChI=1S/C10H18N4/c1-3-6-14-10(8-4-5-8)9(7-11-2)12-13-14/h8,11H,3-7H2,1-2H3. The van der Waals surface area contributed by atoms with Gasteiger partial charge in [-0.15, -0.1) is 5.10 Å². The van der Waals surface area contributed by atoms with Gasteiger partial charge < -0.3 is 5.32 Å². The Bertz CT molecular complexity index is 278. The fraction of sp³-hybridized carbons (Fsp3) is 0.800. The average Bonchev–Trinajstić information content (AvgIpc) is 2.93. The van der Waals surface area contributed by atoms with E-state index in [2.05, 4.69) is 27.2 Å². The van der Waals surface area contributed by atoms with Crippen LogP contribution >= 0.6 is 0 Å². The Morgan fingerprint density at radius 1 is 1.50 bits per heavy atom. The summed E-state index contributed by atoms with van der Waals surface area (Å²) in [7, 11) is 1.95. The molecule has 1 N–H and O–H groups in total. The molecule has 1 aliphatic carbocycles. The minimum atomic E-state index is 0.736. The average molecular weight is 194 g/mol. The molecule has 0 unspecified atom stereocenters. The highest BCUT2D eigenvalue weighted by Crippen LogP contribution is 2.41. The number of nitrogens with one attached hydrogen (secondary N) is 1. The summed E-state index contributed by atoms with van der Waals surface area (Å²) in [4.78, 5) is 0. The molecule has 0 spiro atoms. The molecule has 0 saturated heterocycles. The van der Waals surface area contributed by atoms with Crippen LogP contribution in [0.15, 0.2) is 0 Å². The lowest BCUT2D eigenvalue weighted by molar-refractivity contribution is 0.556. The number of nitrogens with zero attached hydrogens (tertiary/aromatic N) is 3. The van der Waals surface area contributed by atoms with Gasteiger partial charge in [-0.3, -0.25) is 0 Å². The molecule has 0 aliphatic heterocycles. The maximum Gasteiger partial charge on any atom is 0.0999 e. The molecular weight excluding hydrogens is 176 g/mol. The molecule has 78 valence electrons. The summed E-state index contributed by atoms with van der Waals surface area (Å²) in [6.45, 7) is 4.02. The molecule has 1 aliphatic rings. The van der Waals surface area contributed by atoms with E-state index in [1.807, 2.05) is 7.05 Å². The van der Waals surface area contributed by atoms with Crippen molar-refractivity contribution in [1.82, 2.24) is 20.3 Å². The first-order valence-electron chi connectivity index (χ1n) is 5.43. The van der Waals surface area contributed by atoms with Crippen molar-refractivity contribution < 1.29 is 0 Å². The molecule has 4 heteroatoms. The lowest BCUT2D eigenvalue weighted by atomic mass is 10.2. The Hall–Kier alpha value is -0.900. The van der Waals surface area contributed by atoms with Crippen molar-refractivity contribution in [3.8, 4) is 0 Å². The summed E-state index contributed by atoms with van der Waals surface area (Å²) in [6, 6.07) is 0. The van der Waals surface area contributed by atoms with Gasteiger partial charge in [0.1, 0.15) is 0 Å². The minimum Gasteiger partial charge on any atom is -0.314 e. The van der Waals surface area contributed by atoms with Crippen LogP contribution in [0.1, 0.15) is 43.5 Å². The lowest BCUT2D eigenvalue weighted by Gasteiger charge is -2.04. The highest BCUT2D eigenvalue weighted by molar-refractivity contribution is 5.20. The molecule has 1 aromatic rings. The highest BCUT2D eigenvalue weighted by atomic mass is 15.4. The molecule has 1 fully saturated rings. The largest absolute Gasteiger partial charge is 0.314 e. The van der Waals surface area contributed by atoms with Crippen molar-refractivity contribution in [3.63, 3.8) is 0 Å². The number of aromatic nitrogens is 3. The van der Waals surface area contributed by atoms with Crippen molar-refractivity contribution in [2.45, 2.75) is 45.2 Å². The zero-order chi connectivity index (χ0) is 9.97. The molecule has 0 aromatic carbocycles. The van der Waals surface area contributed by atoms with Gasteiger partial charge in [-0.25, -0.2) is 4.68 Å². The Morgan fingerprint density at radius 3 is 2.86 bits per heavy atom. The predicted octanol–water partition coefficient (Wildman–Crippen LogP) is 1.28. The van der Waals surface area contributed by atoms with E-state index in [0.29, 0.717) is 0 Å². The van der Waals surface area contributed by atoms with Crippen LogP contribution in [-0.2, 0) is 13.1 Å². The van der Waals surface area contributed by atoms with Crippen LogP contribution in [0.25, 0.3) is 0 Å². The van der Waals surface area contributed by atoms with Crippen LogP contribution in [0.4, 0.5) is 0 Å². The second-order valence-electron chi connectivity index (χ2n) is 3.95. The van der Waals surface area contributed by atoms with Crippen molar-refractivity contribution >= 4 is 0 Å². The summed E-state index contributed by atoms with van der Waals surface area (Å²) in [5.74, 6) is 0.736. The normalized spacial score (nSPS) is 16.1. The van der Waals surface area contributed by atoms with Gasteiger partial charge in [0, 0.05) is 19.0 Å². The van der Waals surface area contributed by atoms with Crippen LogP contribution in [0, 0.1) is 0 Å². The third kappa shape index (κ3) is 1.80. The Labute approximate surface area is 84.7 Å². The third-order valence-electron chi connectivity index (χ3n) is 2.59.